The molecule has 5 heteroatoms. The number of hydrogen-bond acceptors (Lipinski definition) is 4. The molecule has 0 bridgehead atoms. The van der Waals surface area contributed by atoms with Gasteiger partial charge in [-0.2, -0.15) is 5.10 Å². The van der Waals surface area contributed by atoms with Crippen molar-refractivity contribution >= 4 is 0 Å². The first-order chi connectivity index (χ1) is 11.2. The number of aromatic nitrogens is 2. The van der Waals surface area contributed by atoms with E-state index in [0.29, 0.717) is 5.92 Å². The number of nitrogens with one attached hydrogen (secondary N) is 1. The maximum Gasteiger partial charge on any atom is 0.264 e. The second-order valence-electron chi connectivity index (χ2n) is 6.25. The Morgan fingerprint density at radius 2 is 1.91 bits per heavy atom. The Morgan fingerprint density at radius 3 is 2.57 bits per heavy atom. The minimum absolute atomic E-state index is 0.194. The van der Waals surface area contributed by atoms with Gasteiger partial charge >= 0.3 is 0 Å². The van der Waals surface area contributed by atoms with E-state index in [9.17, 15) is 4.79 Å². The third kappa shape index (κ3) is 4.42. The minimum Gasteiger partial charge on any atom is -0.493 e. The maximum absolute atomic E-state index is 11.0. The van der Waals surface area contributed by atoms with Gasteiger partial charge in [-0.3, -0.25) is 4.79 Å². The van der Waals surface area contributed by atoms with E-state index in [4.69, 9.17) is 4.74 Å². The molecular formula is C18H23N3O2. The molecule has 23 heavy (non-hydrogen) atoms. The molecule has 1 aromatic carbocycles. The van der Waals surface area contributed by atoms with Crippen molar-refractivity contribution in [2.75, 3.05) is 26.2 Å². The molecule has 122 valence electrons. The van der Waals surface area contributed by atoms with Crippen LogP contribution in [0.5, 0.6) is 5.75 Å². The quantitative estimate of drug-likeness (QED) is 0.890. The zero-order valence-electron chi connectivity index (χ0n) is 13.5. The Morgan fingerprint density at radius 1 is 1.17 bits per heavy atom. The zero-order chi connectivity index (χ0) is 16.1. The Balaban J connectivity index is 1.52. The monoisotopic (exact) mass is 313 g/mol. The lowest BCUT2D eigenvalue weighted by molar-refractivity contribution is 0.206. The molecular weight excluding hydrogens is 290 g/mol. The molecule has 0 unspecified atom stereocenters. The van der Waals surface area contributed by atoms with E-state index in [1.54, 1.807) is 6.07 Å². The summed E-state index contributed by atoms with van der Waals surface area (Å²) in [5.74, 6) is 1.39. The average Bonchev–Trinajstić information content (AvgIpc) is 3.07. The van der Waals surface area contributed by atoms with E-state index < -0.39 is 0 Å². The fraction of sp³-hybridized carbons (Fsp3) is 0.444. The van der Waals surface area contributed by atoms with Gasteiger partial charge in [0.1, 0.15) is 5.75 Å². The largest absolute Gasteiger partial charge is 0.493 e. The molecule has 0 spiro atoms. The van der Waals surface area contributed by atoms with Crippen LogP contribution in [0.15, 0.2) is 41.2 Å². The van der Waals surface area contributed by atoms with E-state index in [0.717, 1.165) is 30.2 Å². The number of rotatable bonds is 6. The van der Waals surface area contributed by atoms with Crippen LogP contribution in [0.3, 0.4) is 0 Å². The first-order valence-corrected chi connectivity index (χ1v) is 8.22. The van der Waals surface area contributed by atoms with Gasteiger partial charge in [-0.05, 0) is 56.3 Å². The summed E-state index contributed by atoms with van der Waals surface area (Å²) in [6.07, 6.45) is 2.65. The average molecular weight is 313 g/mol. The van der Waals surface area contributed by atoms with E-state index in [2.05, 4.69) is 22.0 Å². The van der Waals surface area contributed by atoms with E-state index in [1.165, 1.54) is 32.0 Å². The second-order valence-corrected chi connectivity index (χ2v) is 6.25. The summed E-state index contributed by atoms with van der Waals surface area (Å²) >= 11 is 0. The molecule has 1 atom stereocenters. The van der Waals surface area contributed by atoms with Crippen molar-refractivity contribution in [3.63, 3.8) is 0 Å². The molecule has 2 heterocycles. The van der Waals surface area contributed by atoms with Gasteiger partial charge in [0.2, 0.25) is 0 Å². The Labute approximate surface area is 136 Å². The highest BCUT2D eigenvalue weighted by Crippen LogP contribution is 2.20. The molecule has 0 saturated carbocycles. The van der Waals surface area contributed by atoms with Crippen molar-refractivity contribution in [1.82, 2.24) is 15.1 Å². The van der Waals surface area contributed by atoms with Gasteiger partial charge in [-0.25, -0.2) is 5.10 Å². The first kappa shape index (κ1) is 15.7. The summed E-state index contributed by atoms with van der Waals surface area (Å²) in [5.41, 5.74) is 1.51. The topological polar surface area (TPSA) is 58.2 Å². The molecule has 1 N–H and O–H groups in total. The van der Waals surface area contributed by atoms with E-state index in [1.807, 2.05) is 24.3 Å². The Hall–Kier alpha value is -2.14. The number of benzene rings is 1. The summed E-state index contributed by atoms with van der Waals surface area (Å²) in [4.78, 5) is 13.6. The number of nitrogens with zero attached hydrogens (tertiary/aromatic N) is 2. The second kappa shape index (κ2) is 7.42. The van der Waals surface area contributed by atoms with Crippen LogP contribution < -0.4 is 10.3 Å². The molecule has 0 amide bonds. The predicted octanol–water partition coefficient (Wildman–Crippen LogP) is 2.55. The molecule has 5 nitrogen and oxygen atoms in total. The maximum atomic E-state index is 11.0. The highest BCUT2D eigenvalue weighted by Gasteiger charge is 2.14. The molecule has 1 fully saturated rings. The van der Waals surface area contributed by atoms with Crippen molar-refractivity contribution in [3.05, 3.63) is 46.8 Å². The fourth-order valence-corrected chi connectivity index (χ4v) is 2.92. The van der Waals surface area contributed by atoms with Gasteiger partial charge < -0.3 is 9.64 Å². The number of hydrogen-bond donors (Lipinski definition) is 1. The number of likely N-dealkylation sites (tertiary alicyclic amines) is 1. The lowest BCUT2D eigenvalue weighted by Crippen LogP contribution is -2.28. The van der Waals surface area contributed by atoms with Gasteiger partial charge in [0.15, 0.2) is 0 Å². The van der Waals surface area contributed by atoms with Crippen molar-refractivity contribution < 1.29 is 4.74 Å². The lowest BCUT2D eigenvalue weighted by Gasteiger charge is -2.20. The fourth-order valence-electron chi connectivity index (χ4n) is 2.92. The summed E-state index contributed by atoms with van der Waals surface area (Å²) in [7, 11) is 0. The summed E-state index contributed by atoms with van der Waals surface area (Å²) in [6, 6.07) is 11.0. The number of aromatic amines is 1. The van der Waals surface area contributed by atoms with Gasteiger partial charge in [0.25, 0.3) is 5.56 Å². The van der Waals surface area contributed by atoms with Crippen LogP contribution in [0.2, 0.25) is 0 Å². The molecule has 1 aliphatic heterocycles. The van der Waals surface area contributed by atoms with Crippen LogP contribution >= 0.6 is 0 Å². The van der Waals surface area contributed by atoms with Gasteiger partial charge in [-0.1, -0.05) is 6.92 Å². The highest BCUT2D eigenvalue weighted by molar-refractivity contribution is 5.59. The standard InChI is InChI=1S/C18H23N3O2/c1-14(12-21-10-2-3-11-21)13-23-16-6-4-15(5-7-16)17-8-9-18(22)20-19-17/h4-9,14H,2-3,10-13H2,1H3,(H,20,22)/t14-/m0/s1. The molecule has 1 aliphatic rings. The Bertz CT molecular complexity index is 655. The molecule has 2 aromatic rings. The van der Waals surface area contributed by atoms with Crippen LogP contribution in [0.1, 0.15) is 19.8 Å². The first-order valence-electron chi connectivity index (χ1n) is 8.22. The third-order valence-electron chi connectivity index (χ3n) is 4.13. The smallest absolute Gasteiger partial charge is 0.264 e. The summed E-state index contributed by atoms with van der Waals surface area (Å²) < 4.78 is 5.88. The number of H-pyrrole nitrogens is 1. The van der Waals surface area contributed by atoms with Crippen molar-refractivity contribution in [1.29, 1.82) is 0 Å². The summed E-state index contributed by atoms with van der Waals surface area (Å²) in [5, 5.41) is 6.47. The SMILES string of the molecule is C[C@H](COc1ccc(-c2ccc(=O)[nH]n2)cc1)CN1CCCC1. The minimum atomic E-state index is -0.194. The molecule has 1 aromatic heterocycles. The van der Waals surface area contributed by atoms with Crippen LogP contribution in [0.25, 0.3) is 11.3 Å². The predicted molar refractivity (Wildman–Crippen MR) is 90.6 cm³/mol. The van der Waals surface area contributed by atoms with Gasteiger partial charge in [-0.15, -0.1) is 0 Å². The van der Waals surface area contributed by atoms with Crippen molar-refractivity contribution in [2.24, 2.45) is 5.92 Å². The van der Waals surface area contributed by atoms with Crippen LogP contribution in [0.4, 0.5) is 0 Å². The van der Waals surface area contributed by atoms with E-state index >= 15 is 0 Å². The lowest BCUT2D eigenvalue weighted by atomic mass is 10.1. The summed E-state index contributed by atoms with van der Waals surface area (Å²) in [6.45, 7) is 6.53. The Kier molecular flexibility index (Phi) is 5.08. The molecule has 0 aliphatic carbocycles. The van der Waals surface area contributed by atoms with E-state index in [-0.39, 0.29) is 5.56 Å². The van der Waals surface area contributed by atoms with Crippen molar-refractivity contribution in [3.8, 4) is 17.0 Å². The highest BCUT2D eigenvalue weighted by atomic mass is 16.5. The molecule has 1 saturated heterocycles. The van der Waals surface area contributed by atoms with Crippen LogP contribution in [0, 0.1) is 5.92 Å². The van der Waals surface area contributed by atoms with Crippen LogP contribution in [-0.2, 0) is 0 Å². The number of ether oxygens (including phenoxy) is 1. The normalized spacial score (nSPS) is 16.4. The zero-order valence-corrected chi connectivity index (χ0v) is 13.5. The van der Waals surface area contributed by atoms with Gasteiger partial charge in [0.05, 0.1) is 12.3 Å². The third-order valence-corrected chi connectivity index (χ3v) is 4.13. The molecule has 3 rings (SSSR count). The van der Waals surface area contributed by atoms with Crippen molar-refractivity contribution in [2.45, 2.75) is 19.8 Å². The van der Waals surface area contributed by atoms with Gasteiger partial charge in [0, 0.05) is 24.1 Å². The molecule has 0 radical (unpaired) electrons. The van der Waals surface area contributed by atoms with Crippen LogP contribution in [-0.4, -0.2) is 41.3 Å².